The smallest absolute Gasteiger partial charge is 0.335 e. The quantitative estimate of drug-likeness (QED) is 0.229. The maximum atomic E-state index is 12.1. The van der Waals surface area contributed by atoms with Crippen molar-refractivity contribution >= 4 is 11.9 Å². The average Bonchev–Trinajstić information content (AvgIpc) is 2.83. The third-order valence-corrected chi connectivity index (χ3v) is 6.67. The molecule has 0 aliphatic heterocycles. The van der Waals surface area contributed by atoms with Gasteiger partial charge in [0.2, 0.25) is 0 Å². The summed E-state index contributed by atoms with van der Waals surface area (Å²) in [5.74, 6) is -1.80. The predicted octanol–water partition coefficient (Wildman–Crippen LogP) is 8.56. The van der Waals surface area contributed by atoms with Gasteiger partial charge < -0.3 is 10.2 Å². The van der Waals surface area contributed by atoms with E-state index in [0.717, 1.165) is 60.8 Å². The normalized spacial score (nSPS) is 11.0. The van der Waals surface area contributed by atoms with E-state index in [4.69, 9.17) is 0 Å². The number of carbonyl (C=O) groups is 2. The summed E-state index contributed by atoms with van der Waals surface area (Å²) in [6.07, 6.45) is 15.8. The summed E-state index contributed by atoms with van der Waals surface area (Å²) in [6, 6.07) is 10.6. The molecule has 0 saturated carbocycles. The Morgan fingerprint density at radius 2 is 1.09 bits per heavy atom. The molecule has 0 aliphatic carbocycles. The second-order valence-electron chi connectivity index (χ2n) is 9.34. The minimum absolute atomic E-state index is 0.260. The van der Waals surface area contributed by atoms with Gasteiger partial charge in [-0.25, -0.2) is 9.59 Å². The summed E-state index contributed by atoms with van der Waals surface area (Å²) in [4.78, 5) is 23.4. The molecular weight excluding hydrogens is 424 g/mol. The van der Waals surface area contributed by atoms with Crippen molar-refractivity contribution in [3.05, 3.63) is 58.7 Å². The predicted molar refractivity (Wildman–Crippen MR) is 140 cm³/mol. The zero-order valence-electron chi connectivity index (χ0n) is 21.1. The summed E-state index contributed by atoms with van der Waals surface area (Å²) in [6.45, 7) is 4.43. The van der Waals surface area contributed by atoms with Gasteiger partial charge in [-0.2, -0.15) is 0 Å². The van der Waals surface area contributed by atoms with Crippen LogP contribution >= 0.6 is 0 Å². The first-order chi connectivity index (χ1) is 16.5. The van der Waals surface area contributed by atoms with E-state index in [-0.39, 0.29) is 5.56 Å². The lowest BCUT2D eigenvalue weighted by Gasteiger charge is -2.18. The van der Waals surface area contributed by atoms with E-state index in [1.807, 2.05) is 18.2 Å². The van der Waals surface area contributed by atoms with E-state index >= 15 is 0 Å². The Morgan fingerprint density at radius 1 is 0.588 bits per heavy atom. The minimum Gasteiger partial charge on any atom is -0.478 e. The van der Waals surface area contributed by atoms with Crippen LogP contribution in [0.3, 0.4) is 0 Å². The fraction of sp³-hybridized carbons (Fsp3) is 0.533. The summed E-state index contributed by atoms with van der Waals surface area (Å²) >= 11 is 0. The van der Waals surface area contributed by atoms with Crippen LogP contribution < -0.4 is 0 Å². The number of carboxylic acids is 2. The molecule has 4 heteroatoms. The number of unbranched alkanes of at least 4 members (excludes halogenated alkanes) is 10. The van der Waals surface area contributed by atoms with Crippen molar-refractivity contribution in [1.29, 1.82) is 0 Å². The number of aromatic carboxylic acids is 2. The fourth-order valence-corrected chi connectivity index (χ4v) is 4.69. The Balaban J connectivity index is 2.32. The first-order valence-corrected chi connectivity index (χ1v) is 13.2. The highest BCUT2D eigenvalue weighted by atomic mass is 16.4. The third-order valence-electron chi connectivity index (χ3n) is 6.67. The molecule has 2 aromatic rings. The monoisotopic (exact) mass is 466 g/mol. The largest absolute Gasteiger partial charge is 0.478 e. The van der Waals surface area contributed by atoms with E-state index < -0.39 is 11.9 Å². The summed E-state index contributed by atoms with van der Waals surface area (Å²) in [5.41, 5.74) is 4.77. The first kappa shape index (κ1) is 27.6. The second-order valence-corrected chi connectivity index (χ2v) is 9.34. The number of benzene rings is 2. The molecule has 0 spiro atoms. The molecule has 0 saturated heterocycles. The van der Waals surface area contributed by atoms with Crippen molar-refractivity contribution in [1.82, 2.24) is 0 Å². The lowest BCUT2D eigenvalue weighted by atomic mass is 9.86. The molecule has 186 valence electrons. The first-order valence-electron chi connectivity index (χ1n) is 13.2. The van der Waals surface area contributed by atoms with Gasteiger partial charge in [0.15, 0.2) is 0 Å². The van der Waals surface area contributed by atoms with Crippen molar-refractivity contribution in [2.24, 2.45) is 0 Å². The van der Waals surface area contributed by atoms with Gasteiger partial charge in [0, 0.05) is 0 Å². The zero-order chi connectivity index (χ0) is 24.8. The number of rotatable bonds is 17. The molecule has 2 rings (SSSR count). The van der Waals surface area contributed by atoms with Crippen LogP contribution in [0, 0.1) is 0 Å². The maximum Gasteiger partial charge on any atom is 0.335 e. The highest BCUT2D eigenvalue weighted by molar-refractivity contribution is 5.92. The summed E-state index contributed by atoms with van der Waals surface area (Å²) < 4.78 is 0. The maximum absolute atomic E-state index is 12.1. The van der Waals surface area contributed by atoms with Crippen LogP contribution in [0.5, 0.6) is 0 Å². The van der Waals surface area contributed by atoms with Gasteiger partial charge in [0.25, 0.3) is 0 Å². The highest BCUT2D eigenvalue weighted by Crippen LogP contribution is 2.32. The van der Waals surface area contributed by atoms with Gasteiger partial charge in [-0.05, 0) is 66.1 Å². The van der Waals surface area contributed by atoms with Crippen LogP contribution in [-0.2, 0) is 12.8 Å². The van der Waals surface area contributed by atoms with E-state index in [0.29, 0.717) is 5.56 Å². The molecule has 0 heterocycles. The molecule has 2 N–H and O–H groups in total. The van der Waals surface area contributed by atoms with Gasteiger partial charge in [-0.15, -0.1) is 0 Å². The molecule has 0 bridgehead atoms. The van der Waals surface area contributed by atoms with Crippen LogP contribution in [0.2, 0.25) is 0 Å². The number of hydrogen-bond acceptors (Lipinski definition) is 2. The van der Waals surface area contributed by atoms with Crippen LogP contribution in [0.25, 0.3) is 11.1 Å². The molecule has 0 radical (unpaired) electrons. The Bertz CT molecular complexity index is 899. The number of hydrogen-bond donors (Lipinski definition) is 2. The number of carboxylic acid groups (broad SMARTS) is 2. The molecular formula is C30H42O4. The minimum atomic E-state index is -0.941. The van der Waals surface area contributed by atoms with Crippen molar-refractivity contribution < 1.29 is 19.8 Å². The molecule has 0 fully saturated rings. The molecule has 2 aromatic carbocycles. The zero-order valence-corrected chi connectivity index (χ0v) is 21.1. The molecule has 0 aliphatic rings. The highest BCUT2D eigenvalue weighted by Gasteiger charge is 2.18. The van der Waals surface area contributed by atoms with Crippen LogP contribution in [-0.4, -0.2) is 22.2 Å². The fourth-order valence-electron chi connectivity index (χ4n) is 4.69. The van der Waals surface area contributed by atoms with Crippen LogP contribution in [0.15, 0.2) is 36.4 Å². The van der Waals surface area contributed by atoms with E-state index in [9.17, 15) is 19.8 Å². The summed E-state index contributed by atoms with van der Waals surface area (Å²) in [7, 11) is 0. The Morgan fingerprint density at radius 3 is 1.59 bits per heavy atom. The molecule has 0 atom stereocenters. The lowest BCUT2D eigenvalue weighted by molar-refractivity contribution is 0.0685. The lowest BCUT2D eigenvalue weighted by Crippen LogP contribution is -2.08. The molecule has 0 amide bonds. The molecule has 34 heavy (non-hydrogen) atoms. The van der Waals surface area contributed by atoms with Gasteiger partial charge in [-0.3, -0.25) is 0 Å². The molecule has 0 unspecified atom stereocenters. The molecule has 4 nitrogen and oxygen atoms in total. The van der Waals surface area contributed by atoms with Gasteiger partial charge >= 0.3 is 11.9 Å². The summed E-state index contributed by atoms with van der Waals surface area (Å²) in [5, 5.41) is 19.2. The van der Waals surface area contributed by atoms with E-state index in [1.165, 1.54) is 51.4 Å². The Hall–Kier alpha value is -2.62. The van der Waals surface area contributed by atoms with E-state index in [2.05, 4.69) is 13.8 Å². The van der Waals surface area contributed by atoms with Crippen LogP contribution in [0.1, 0.15) is 123 Å². The third kappa shape index (κ3) is 8.62. The SMILES string of the molecule is CCCCCCCCc1c(C(=O)O)ccc(-c2ccc(C(=O)O)cc2)c1CCCCCCCC. The Labute approximate surface area is 205 Å². The van der Waals surface area contributed by atoms with Crippen molar-refractivity contribution in [3.8, 4) is 11.1 Å². The topological polar surface area (TPSA) is 74.6 Å². The average molecular weight is 467 g/mol. The van der Waals surface area contributed by atoms with E-state index in [1.54, 1.807) is 18.2 Å². The van der Waals surface area contributed by atoms with Crippen molar-refractivity contribution in [2.75, 3.05) is 0 Å². The van der Waals surface area contributed by atoms with Gasteiger partial charge in [0.1, 0.15) is 0 Å². The standard InChI is InChI=1S/C30H42O4/c1-3-5-7-9-11-13-15-26-25(23-17-19-24(20-18-23)29(31)32)21-22-28(30(33)34)27(26)16-14-12-10-8-6-4-2/h17-22H,3-16H2,1-2H3,(H,31,32)(H,33,34). The van der Waals surface area contributed by atoms with Gasteiger partial charge in [-0.1, -0.05) is 96.3 Å². The van der Waals surface area contributed by atoms with Crippen molar-refractivity contribution in [2.45, 2.75) is 104 Å². The van der Waals surface area contributed by atoms with Crippen molar-refractivity contribution in [3.63, 3.8) is 0 Å². The molecule has 0 aromatic heterocycles. The second kappa shape index (κ2) is 15.3. The van der Waals surface area contributed by atoms with Gasteiger partial charge in [0.05, 0.1) is 11.1 Å². The Kier molecular flexibility index (Phi) is 12.4. The van der Waals surface area contributed by atoms with Crippen LogP contribution in [0.4, 0.5) is 0 Å².